The van der Waals surface area contributed by atoms with Crippen LogP contribution in [0.1, 0.15) is 16.1 Å². The SMILES string of the molecule is COc1ccc(-c2csc(NC(=O)CSc3cccc(NC(=O)/C(=C/c4ccco4)NC(=O)c4ccccc4)c3)n2)cc1OC. The zero-order valence-corrected chi connectivity index (χ0v) is 25.9. The van der Waals surface area contributed by atoms with Gasteiger partial charge in [-0.3, -0.25) is 14.4 Å². The van der Waals surface area contributed by atoms with E-state index >= 15 is 0 Å². The Balaban J connectivity index is 1.19. The lowest BCUT2D eigenvalue weighted by molar-refractivity contribution is -0.114. The van der Waals surface area contributed by atoms with E-state index in [4.69, 9.17) is 13.9 Å². The minimum absolute atomic E-state index is 0.00661. The normalized spacial score (nSPS) is 11.0. The first-order valence-corrected chi connectivity index (χ1v) is 15.4. The zero-order valence-electron chi connectivity index (χ0n) is 24.2. The van der Waals surface area contributed by atoms with Gasteiger partial charge in [-0.15, -0.1) is 23.1 Å². The van der Waals surface area contributed by atoms with Crippen LogP contribution in [0.4, 0.5) is 10.8 Å². The van der Waals surface area contributed by atoms with Gasteiger partial charge in [0.2, 0.25) is 5.91 Å². The Kier molecular flexibility index (Phi) is 10.3. The molecule has 0 fully saturated rings. The van der Waals surface area contributed by atoms with Gasteiger partial charge < -0.3 is 29.8 Å². The minimum atomic E-state index is -0.537. The van der Waals surface area contributed by atoms with E-state index < -0.39 is 11.8 Å². The van der Waals surface area contributed by atoms with E-state index in [1.807, 2.05) is 23.6 Å². The third-order valence-corrected chi connectivity index (χ3v) is 8.00. The number of benzene rings is 3. The van der Waals surface area contributed by atoms with Crippen LogP contribution in [0.5, 0.6) is 11.5 Å². The van der Waals surface area contributed by atoms with Crippen molar-refractivity contribution in [2.75, 3.05) is 30.6 Å². The summed E-state index contributed by atoms with van der Waals surface area (Å²) in [5.74, 6) is 0.533. The molecule has 0 saturated carbocycles. The van der Waals surface area contributed by atoms with Gasteiger partial charge in [0.25, 0.3) is 11.8 Å². The van der Waals surface area contributed by atoms with Crippen LogP contribution in [0.2, 0.25) is 0 Å². The van der Waals surface area contributed by atoms with E-state index in [1.165, 1.54) is 35.4 Å². The van der Waals surface area contributed by atoms with Gasteiger partial charge in [0.1, 0.15) is 11.5 Å². The van der Waals surface area contributed by atoms with E-state index in [9.17, 15) is 14.4 Å². The molecule has 2 heterocycles. The van der Waals surface area contributed by atoms with E-state index in [0.717, 1.165) is 10.5 Å². The number of hydrogen-bond acceptors (Lipinski definition) is 9. The fourth-order valence-corrected chi connectivity index (χ4v) is 5.57. The highest BCUT2D eigenvalue weighted by Gasteiger charge is 2.16. The highest BCUT2D eigenvalue weighted by atomic mass is 32.2. The summed E-state index contributed by atoms with van der Waals surface area (Å²) in [7, 11) is 3.14. The highest BCUT2D eigenvalue weighted by Crippen LogP contribution is 2.33. The van der Waals surface area contributed by atoms with Gasteiger partial charge in [-0.25, -0.2) is 4.98 Å². The number of furan rings is 1. The fourth-order valence-electron chi connectivity index (χ4n) is 4.08. The second-order valence-electron chi connectivity index (χ2n) is 9.32. The van der Waals surface area contributed by atoms with Crippen LogP contribution >= 0.6 is 23.1 Å². The van der Waals surface area contributed by atoms with Gasteiger partial charge in [0.05, 0.1) is 31.9 Å². The van der Waals surface area contributed by atoms with Crippen LogP contribution in [0.3, 0.4) is 0 Å². The number of rotatable bonds is 12. The molecule has 2 aromatic heterocycles. The molecule has 0 aliphatic heterocycles. The Labute approximate surface area is 267 Å². The van der Waals surface area contributed by atoms with Crippen LogP contribution in [-0.2, 0) is 9.59 Å². The van der Waals surface area contributed by atoms with Gasteiger partial charge in [-0.1, -0.05) is 24.3 Å². The molecule has 5 rings (SSSR count). The van der Waals surface area contributed by atoms with Gasteiger partial charge in [-0.2, -0.15) is 0 Å². The number of nitrogens with one attached hydrogen (secondary N) is 3. The summed E-state index contributed by atoms with van der Waals surface area (Å²) >= 11 is 2.62. The number of methoxy groups -OCH3 is 2. The summed E-state index contributed by atoms with van der Waals surface area (Å²) in [5, 5.41) is 10.6. The minimum Gasteiger partial charge on any atom is -0.493 e. The molecule has 0 aliphatic rings. The molecule has 3 amide bonds. The topological polar surface area (TPSA) is 132 Å². The lowest BCUT2D eigenvalue weighted by Crippen LogP contribution is -2.30. The van der Waals surface area contributed by atoms with Crippen LogP contribution in [0, 0.1) is 0 Å². The van der Waals surface area contributed by atoms with Crippen molar-refractivity contribution in [3.63, 3.8) is 0 Å². The van der Waals surface area contributed by atoms with Crippen molar-refractivity contribution < 1.29 is 28.3 Å². The van der Waals surface area contributed by atoms with Crippen molar-refractivity contribution in [3.05, 3.63) is 114 Å². The van der Waals surface area contributed by atoms with E-state index in [1.54, 1.807) is 80.9 Å². The van der Waals surface area contributed by atoms with Gasteiger partial charge in [0.15, 0.2) is 16.6 Å². The quantitative estimate of drug-likeness (QED) is 0.103. The number of aromatic nitrogens is 1. The van der Waals surface area contributed by atoms with Crippen LogP contribution < -0.4 is 25.4 Å². The maximum absolute atomic E-state index is 13.2. The summed E-state index contributed by atoms with van der Waals surface area (Å²) in [5.41, 5.74) is 2.44. The number of nitrogens with zero attached hydrogens (tertiary/aromatic N) is 1. The largest absolute Gasteiger partial charge is 0.493 e. The maximum Gasteiger partial charge on any atom is 0.272 e. The first-order valence-electron chi connectivity index (χ1n) is 13.6. The first-order chi connectivity index (χ1) is 21.9. The predicted molar refractivity (Wildman–Crippen MR) is 176 cm³/mol. The number of carbonyl (C=O) groups is 3. The Morgan fingerprint density at radius 3 is 2.49 bits per heavy atom. The van der Waals surface area contributed by atoms with Crippen LogP contribution in [0.25, 0.3) is 17.3 Å². The molecule has 0 radical (unpaired) electrons. The second-order valence-corrected chi connectivity index (χ2v) is 11.2. The lowest BCUT2D eigenvalue weighted by Gasteiger charge is -2.12. The van der Waals surface area contributed by atoms with Crippen molar-refractivity contribution in [1.82, 2.24) is 10.3 Å². The van der Waals surface area contributed by atoms with Crippen LogP contribution in [-0.4, -0.2) is 42.7 Å². The first kappa shape index (κ1) is 31.1. The number of thioether (sulfide) groups is 1. The van der Waals surface area contributed by atoms with Crippen molar-refractivity contribution in [2.24, 2.45) is 0 Å². The van der Waals surface area contributed by atoms with E-state index in [-0.39, 0.29) is 17.4 Å². The molecule has 12 heteroatoms. The molecule has 45 heavy (non-hydrogen) atoms. The second kappa shape index (κ2) is 14.9. The molecule has 0 atom stereocenters. The summed E-state index contributed by atoms with van der Waals surface area (Å²) < 4.78 is 16.0. The molecule has 3 N–H and O–H groups in total. The Hall–Kier alpha value is -5.33. The van der Waals surface area contributed by atoms with Gasteiger partial charge in [-0.05, 0) is 60.7 Å². The summed E-state index contributed by atoms with van der Waals surface area (Å²) in [6, 6.07) is 24.5. The smallest absolute Gasteiger partial charge is 0.272 e. The summed E-state index contributed by atoms with van der Waals surface area (Å²) in [4.78, 5) is 44.0. The number of ether oxygens (including phenoxy) is 2. The highest BCUT2D eigenvalue weighted by molar-refractivity contribution is 8.00. The van der Waals surface area contributed by atoms with E-state index in [2.05, 4.69) is 20.9 Å². The van der Waals surface area contributed by atoms with Crippen molar-refractivity contribution >= 4 is 57.7 Å². The van der Waals surface area contributed by atoms with Crippen molar-refractivity contribution in [1.29, 1.82) is 0 Å². The maximum atomic E-state index is 13.2. The van der Waals surface area contributed by atoms with Crippen molar-refractivity contribution in [2.45, 2.75) is 4.90 Å². The van der Waals surface area contributed by atoms with Gasteiger partial charge in [0, 0.05) is 33.2 Å². The summed E-state index contributed by atoms with van der Waals surface area (Å²) in [6.07, 6.45) is 2.93. The van der Waals surface area contributed by atoms with E-state index in [0.29, 0.717) is 39.3 Å². The molecule has 0 bridgehead atoms. The number of thiazole rings is 1. The zero-order chi connectivity index (χ0) is 31.6. The summed E-state index contributed by atoms with van der Waals surface area (Å²) in [6.45, 7) is 0. The molecule has 228 valence electrons. The molecule has 3 aromatic carbocycles. The standard InChI is InChI=1S/C33H28N4O6S2/c1-41-28-14-13-22(16-29(28)42-2)27-19-45-33(36-27)37-30(38)20-44-25-12-6-10-23(17-25)34-32(40)26(18-24-11-7-15-43-24)35-31(39)21-8-4-3-5-9-21/h3-19H,20H2,1-2H3,(H,34,40)(H,35,39)(H,36,37,38)/b26-18-. The predicted octanol–water partition coefficient (Wildman–Crippen LogP) is 6.56. The number of carbonyl (C=O) groups excluding carboxylic acids is 3. The number of anilines is 2. The molecule has 0 saturated heterocycles. The Morgan fingerprint density at radius 1 is 0.911 bits per heavy atom. The lowest BCUT2D eigenvalue weighted by atomic mass is 10.1. The fraction of sp³-hybridized carbons (Fsp3) is 0.0909. The third kappa shape index (κ3) is 8.40. The van der Waals surface area contributed by atoms with Crippen molar-refractivity contribution in [3.8, 4) is 22.8 Å². The number of hydrogen-bond donors (Lipinski definition) is 3. The molecule has 5 aromatic rings. The molecular weight excluding hydrogens is 613 g/mol. The average Bonchev–Trinajstić information content (AvgIpc) is 3.76. The molecule has 0 aliphatic carbocycles. The molecular formula is C33H28N4O6S2. The molecule has 0 unspecified atom stereocenters. The van der Waals surface area contributed by atoms with Gasteiger partial charge >= 0.3 is 0 Å². The molecule has 0 spiro atoms. The molecule has 10 nitrogen and oxygen atoms in total. The third-order valence-electron chi connectivity index (χ3n) is 6.25. The number of amides is 3. The van der Waals surface area contributed by atoms with Crippen LogP contribution in [0.15, 0.2) is 112 Å². The average molecular weight is 641 g/mol. The monoisotopic (exact) mass is 640 g/mol. The Bertz CT molecular complexity index is 1820. The Morgan fingerprint density at radius 2 is 1.73 bits per heavy atom.